The van der Waals surface area contributed by atoms with E-state index in [0.717, 1.165) is 4.90 Å². The van der Waals surface area contributed by atoms with Crippen LogP contribution in [-0.2, 0) is 14.4 Å². The molecule has 0 bridgehead atoms. The molecule has 2 heterocycles. The summed E-state index contributed by atoms with van der Waals surface area (Å²) in [6.45, 7) is 1.58. The average Bonchev–Trinajstić information content (AvgIpc) is 3.28. The molecule has 0 aliphatic carbocycles. The Morgan fingerprint density at radius 3 is 2.57 bits per heavy atom. The molecule has 1 fully saturated rings. The number of oxime groups is 1. The Hall–Kier alpha value is -3.95. The maximum atomic E-state index is 13.2. The van der Waals surface area contributed by atoms with Crippen LogP contribution in [0.1, 0.15) is 11.1 Å². The van der Waals surface area contributed by atoms with Crippen molar-refractivity contribution in [3.8, 4) is 11.5 Å². The predicted octanol–water partition coefficient (Wildman–Crippen LogP) is 2.21. The van der Waals surface area contributed by atoms with Gasteiger partial charge in [-0.25, -0.2) is 4.90 Å². The maximum absolute atomic E-state index is 13.2. The summed E-state index contributed by atoms with van der Waals surface area (Å²) >= 11 is 0. The van der Waals surface area contributed by atoms with Crippen LogP contribution < -0.4 is 14.4 Å². The molecule has 10 nitrogen and oxygen atoms in total. The first-order valence-corrected chi connectivity index (χ1v) is 8.97. The minimum Gasteiger partial charge on any atom is -0.493 e. The number of para-hydroxylation sites is 1. The second-order valence-electron chi connectivity index (χ2n) is 6.76. The number of carbonyl (C=O) groups is 2. The summed E-state index contributed by atoms with van der Waals surface area (Å²) in [5, 5.41) is 15.2. The van der Waals surface area contributed by atoms with Gasteiger partial charge in [-0.15, -0.1) is 0 Å². The third-order valence-corrected chi connectivity index (χ3v) is 5.14. The lowest BCUT2D eigenvalue weighted by atomic mass is 9.93. The lowest BCUT2D eigenvalue weighted by molar-refractivity contribution is -0.385. The van der Waals surface area contributed by atoms with Crippen molar-refractivity contribution in [2.75, 3.05) is 19.1 Å². The normalized spacial score (nSPS) is 20.0. The lowest BCUT2D eigenvalue weighted by Crippen LogP contribution is -2.33. The van der Waals surface area contributed by atoms with E-state index in [1.807, 2.05) is 0 Å². The van der Waals surface area contributed by atoms with Crippen LogP contribution in [0.15, 0.2) is 41.6 Å². The van der Waals surface area contributed by atoms with Gasteiger partial charge in [0.1, 0.15) is 11.6 Å². The molecule has 154 valence electrons. The van der Waals surface area contributed by atoms with E-state index in [0.29, 0.717) is 22.6 Å². The summed E-state index contributed by atoms with van der Waals surface area (Å²) in [5.41, 5.74) is 1.04. The highest BCUT2D eigenvalue weighted by atomic mass is 16.7. The van der Waals surface area contributed by atoms with Crippen molar-refractivity contribution in [3.63, 3.8) is 0 Å². The zero-order chi connectivity index (χ0) is 21.6. The molecular weight excluding hydrogens is 394 g/mol. The molecule has 2 aliphatic rings. The molecule has 4 rings (SSSR count). The van der Waals surface area contributed by atoms with Crippen LogP contribution in [0.2, 0.25) is 0 Å². The number of amides is 2. The van der Waals surface area contributed by atoms with Gasteiger partial charge in [-0.3, -0.25) is 19.7 Å². The summed E-state index contributed by atoms with van der Waals surface area (Å²) in [6, 6.07) is 9.26. The highest BCUT2D eigenvalue weighted by Crippen LogP contribution is 2.40. The number of ether oxygens (including phenoxy) is 2. The van der Waals surface area contributed by atoms with Crippen molar-refractivity contribution in [3.05, 3.63) is 57.6 Å². The Labute approximate surface area is 170 Å². The van der Waals surface area contributed by atoms with E-state index in [2.05, 4.69) is 5.16 Å². The number of aryl methyl sites for hydroxylation is 1. The van der Waals surface area contributed by atoms with E-state index >= 15 is 0 Å². The maximum Gasteiger partial charge on any atom is 0.278 e. The molecule has 2 aromatic carbocycles. The van der Waals surface area contributed by atoms with Gasteiger partial charge in [0.2, 0.25) is 12.0 Å². The lowest BCUT2D eigenvalue weighted by Gasteiger charge is -2.16. The van der Waals surface area contributed by atoms with Crippen LogP contribution in [-0.4, -0.2) is 42.8 Å². The smallest absolute Gasteiger partial charge is 0.278 e. The van der Waals surface area contributed by atoms with Crippen molar-refractivity contribution < 1.29 is 28.8 Å². The van der Waals surface area contributed by atoms with E-state index in [4.69, 9.17) is 14.3 Å². The van der Waals surface area contributed by atoms with Gasteiger partial charge in [-0.1, -0.05) is 17.3 Å². The van der Waals surface area contributed by atoms with E-state index in [1.165, 1.54) is 32.4 Å². The Balaban J connectivity index is 1.75. The number of nitro benzene ring substituents is 1. The Morgan fingerprint density at radius 1 is 1.13 bits per heavy atom. The number of imide groups is 1. The average molecular weight is 411 g/mol. The third kappa shape index (κ3) is 2.76. The fourth-order valence-corrected chi connectivity index (χ4v) is 3.68. The first kappa shape index (κ1) is 19.4. The quantitative estimate of drug-likeness (QED) is 0.420. The Kier molecular flexibility index (Phi) is 4.61. The van der Waals surface area contributed by atoms with Crippen LogP contribution in [0, 0.1) is 23.0 Å². The Bertz CT molecular complexity index is 1110. The van der Waals surface area contributed by atoms with Gasteiger partial charge in [0.15, 0.2) is 11.5 Å². The van der Waals surface area contributed by atoms with Crippen LogP contribution in [0.25, 0.3) is 0 Å². The van der Waals surface area contributed by atoms with E-state index in [1.54, 1.807) is 25.1 Å². The minimum atomic E-state index is -1.15. The predicted molar refractivity (Wildman–Crippen MR) is 105 cm³/mol. The first-order valence-electron chi connectivity index (χ1n) is 8.97. The molecule has 1 saturated heterocycles. The second-order valence-corrected chi connectivity index (χ2v) is 6.76. The summed E-state index contributed by atoms with van der Waals surface area (Å²) in [4.78, 5) is 43.0. The molecule has 30 heavy (non-hydrogen) atoms. The number of nitro groups is 1. The van der Waals surface area contributed by atoms with Gasteiger partial charge >= 0.3 is 0 Å². The van der Waals surface area contributed by atoms with Crippen LogP contribution >= 0.6 is 0 Å². The molecule has 10 heteroatoms. The number of fused-ring (bicyclic) bond motifs is 1. The summed E-state index contributed by atoms with van der Waals surface area (Å²) < 4.78 is 10.7. The molecular formula is C20H17N3O7. The van der Waals surface area contributed by atoms with E-state index < -0.39 is 28.8 Å². The van der Waals surface area contributed by atoms with Crippen molar-refractivity contribution in [1.29, 1.82) is 0 Å². The van der Waals surface area contributed by atoms with Gasteiger partial charge in [0.25, 0.3) is 11.6 Å². The number of hydrogen-bond acceptors (Lipinski definition) is 8. The zero-order valence-corrected chi connectivity index (χ0v) is 16.3. The number of anilines is 1. The summed E-state index contributed by atoms with van der Waals surface area (Å²) in [7, 11) is 2.93. The molecule has 0 unspecified atom stereocenters. The molecule has 0 radical (unpaired) electrons. The monoisotopic (exact) mass is 411 g/mol. The molecule has 0 spiro atoms. The highest BCUT2D eigenvalue weighted by molar-refractivity contribution is 6.32. The fraction of sp³-hybridized carbons (Fsp3) is 0.250. The molecule has 2 atom stereocenters. The largest absolute Gasteiger partial charge is 0.493 e. The van der Waals surface area contributed by atoms with E-state index in [9.17, 15) is 19.7 Å². The van der Waals surface area contributed by atoms with Crippen LogP contribution in [0.4, 0.5) is 11.4 Å². The van der Waals surface area contributed by atoms with Crippen molar-refractivity contribution in [2.45, 2.75) is 13.0 Å². The molecule has 0 N–H and O–H groups in total. The fourth-order valence-electron chi connectivity index (χ4n) is 3.68. The summed E-state index contributed by atoms with van der Waals surface area (Å²) in [5.74, 6) is -1.43. The zero-order valence-electron chi connectivity index (χ0n) is 16.3. The number of benzene rings is 2. The van der Waals surface area contributed by atoms with Gasteiger partial charge < -0.3 is 14.3 Å². The van der Waals surface area contributed by atoms with Crippen molar-refractivity contribution in [1.82, 2.24) is 0 Å². The van der Waals surface area contributed by atoms with Crippen LogP contribution in [0.5, 0.6) is 11.5 Å². The van der Waals surface area contributed by atoms with Crippen molar-refractivity contribution >= 4 is 28.9 Å². The molecule has 2 amide bonds. The Morgan fingerprint density at radius 2 is 1.90 bits per heavy atom. The van der Waals surface area contributed by atoms with E-state index in [-0.39, 0.29) is 17.1 Å². The van der Waals surface area contributed by atoms with Crippen LogP contribution in [0.3, 0.4) is 0 Å². The van der Waals surface area contributed by atoms with Gasteiger partial charge in [0, 0.05) is 17.2 Å². The SMILES string of the molecule is COc1cccc(C2=NO[C@@H]3C(=O)N(c4ccc(C)c([N+](=O)[O-])c4)C(=O)[C@H]23)c1OC. The number of nitrogens with zero attached hydrogens (tertiary/aromatic N) is 3. The minimum absolute atomic E-state index is 0.109. The molecule has 0 aromatic heterocycles. The third-order valence-electron chi connectivity index (χ3n) is 5.14. The van der Waals surface area contributed by atoms with Gasteiger partial charge in [0.05, 0.1) is 24.8 Å². The number of methoxy groups -OCH3 is 2. The molecule has 2 aromatic rings. The van der Waals surface area contributed by atoms with Gasteiger partial charge in [-0.2, -0.15) is 0 Å². The second kappa shape index (κ2) is 7.14. The number of hydrogen-bond donors (Lipinski definition) is 0. The molecule has 2 aliphatic heterocycles. The summed E-state index contributed by atoms with van der Waals surface area (Å²) in [6.07, 6.45) is -1.15. The topological polar surface area (TPSA) is 121 Å². The van der Waals surface area contributed by atoms with Gasteiger partial charge in [-0.05, 0) is 25.1 Å². The van der Waals surface area contributed by atoms with Crippen molar-refractivity contribution in [2.24, 2.45) is 11.1 Å². The standard InChI is InChI=1S/C20H17N3O7/c1-10-7-8-11(9-13(10)23(26)27)22-19(24)15-16(21-30-18(15)20(22)25)12-5-4-6-14(28-2)17(12)29-3/h4-9,15,18H,1-3H3/t15-,18+/m1/s1. The number of rotatable bonds is 5. The first-order chi connectivity index (χ1) is 14.4. The molecule has 0 saturated carbocycles. The highest BCUT2D eigenvalue weighted by Gasteiger charge is 2.56. The number of carbonyl (C=O) groups excluding carboxylic acids is 2.